The number of H-pyrrole nitrogens is 1. The van der Waals surface area contributed by atoms with Gasteiger partial charge < -0.3 is 10.2 Å². The van der Waals surface area contributed by atoms with Crippen LogP contribution in [0.1, 0.15) is 20.3 Å². The summed E-state index contributed by atoms with van der Waals surface area (Å²) in [4.78, 5) is 10.6. The first kappa shape index (κ1) is 18.3. The van der Waals surface area contributed by atoms with Crippen molar-refractivity contribution in [3.8, 4) is 11.4 Å². The Kier molecular flexibility index (Phi) is 5.78. The molecule has 0 aliphatic heterocycles. The van der Waals surface area contributed by atoms with E-state index >= 15 is 0 Å². The first-order valence-corrected chi connectivity index (χ1v) is 8.94. The van der Waals surface area contributed by atoms with Gasteiger partial charge in [-0.2, -0.15) is 5.10 Å². The van der Waals surface area contributed by atoms with Crippen molar-refractivity contribution in [2.45, 2.75) is 20.3 Å². The van der Waals surface area contributed by atoms with E-state index in [1.165, 1.54) is 6.07 Å². The van der Waals surface area contributed by atoms with Gasteiger partial charge in [-0.05, 0) is 43.1 Å². The van der Waals surface area contributed by atoms with E-state index in [0.717, 1.165) is 30.6 Å². The molecule has 7 heteroatoms. The van der Waals surface area contributed by atoms with Crippen LogP contribution in [0.4, 0.5) is 10.2 Å². The zero-order valence-corrected chi connectivity index (χ0v) is 15.5. The number of hydrogen-bond donors (Lipinski definition) is 2. The van der Waals surface area contributed by atoms with E-state index in [0.29, 0.717) is 29.6 Å². The zero-order valence-electron chi connectivity index (χ0n) is 15.5. The highest BCUT2D eigenvalue weighted by molar-refractivity contribution is 5.89. The first-order valence-electron chi connectivity index (χ1n) is 8.94. The fraction of sp³-hybridized carbons (Fsp3) is 0.421. The highest BCUT2D eigenvalue weighted by Crippen LogP contribution is 2.26. The SMILES string of the molecule is CC(C)CCNCCN(C)c1nc(-c2[nH]nc3ncccc23)ccc1F. The van der Waals surface area contributed by atoms with E-state index < -0.39 is 0 Å². The Morgan fingerprint density at radius 1 is 1.23 bits per heavy atom. The number of aromatic amines is 1. The zero-order chi connectivity index (χ0) is 18.5. The van der Waals surface area contributed by atoms with Gasteiger partial charge in [-0.3, -0.25) is 5.10 Å². The largest absolute Gasteiger partial charge is 0.356 e. The van der Waals surface area contributed by atoms with E-state index in [4.69, 9.17) is 0 Å². The topological polar surface area (TPSA) is 69.7 Å². The lowest BCUT2D eigenvalue weighted by Crippen LogP contribution is -2.31. The van der Waals surface area contributed by atoms with E-state index in [1.807, 2.05) is 24.1 Å². The molecule has 0 fully saturated rings. The van der Waals surface area contributed by atoms with Gasteiger partial charge in [0.2, 0.25) is 0 Å². The number of rotatable bonds is 8. The third-order valence-electron chi connectivity index (χ3n) is 4.30. The lowest BCUT2D eigenvalue weighted by Gasteiger charge is -2.20. The van der Waals surface area contributed by atoms with Gasteiger partial charge in [0.05, 0.1) is 11.4 Å². The molecule has 0 atom stereocenters. The Labute approximate surface area is 152 Å². The van der Waals surface area contributed by atoms with Gasteiger partial charge >= 0.3 is 0 Å². The smallest absolute Gasteiger partial charge is 0.181 e. The summed E-state index contributed by atoms with van der Waals surface area (Å²) in [5, 5.41) is 11.4. The number of likely N-dealkylation sites (N-methyl/N-ethyl adjacent to an activating group) is 1. The molecule has 0 aliphatic rings. The summed E-state index contributed by atoms with van der Waals surface area (Å²) >= 11 is 0. The van der Waals surface area contributed by atoms with Crippen LogP contribution < -0.4 is 10.2 Å². The maximum atomic E-state index is 14.3. The molecule has 138 valence electrons. The van der Waals surface area contributed by atoms with E-state index in [2.05, 4.69) is 39.3 Å². The Balaban J connectivity index is 1.73. The fourth-order valence-electron chi connectivity index (χ4n) is 2.75. The number of nitrogens with one attached hydrogen (secondary N) is 2. The molecule has 3 aromatic rings. The lowest BCUT2D eigenvalue weighted by molar-refractivity contribution is 0.537. The average Bonchev–Trinajstić information content (AvgIpc) is 3.05. The molecule has 0 amide bonds. The third-order valence-corrected chi connectivity index (χ3v) is 4.30. The van der Waals surface area contributed by atoms with Crippen molar-refractivity contribution in [2.24, 2.45) is 5.92 Å². The standard InChI is InChI=1S/C19H25FN6/c1-13(2)8-10-21-11-12-26(3)19-15(20)6-7-16(23-19)17-14-5-4-9-22-18(14)25-24-17/h4-7,9,13,21H,8,10-12H2,1-3H3,(H,22,24,25). The minimum Gasteiger partial charge on any atom is -0.356 e. The van der Waals surface area contributed by atoms with Gasteiger partial charge in [0.1, 0.15) is 0 Å². The summed E-state index contributed by atoms with van der Waals surface area (Å²) in [7, 11) is 1.85. The minimum absolute atomic E-state index is 0.333. The second-order valence-corrected chi connectivity index (χ2v) is 6.83. The molecule has 0 radical (unpaired) electrons. The molecular formula is C19H25FN6. The van der Waals surface area contributed by atoms with Crippen LogP contribution in [0.15, 0.2) is 30.5 Å². The quantitative estimate of drug-likeness (QED) is 0.607. The van der Waals surface area contributed by atoms with Crippen LogP contribution in [0.5, 0.6) is 0 Å². The van der Waals surface area contributed by atoms with Crippen LogP contribution in [0.2, 0.25) is 0 Å². The highest BCUT2D eigenvalue weighted by atomic mass is 19.1. The van der Waals surface area contributed by atoms with Crippen molar-refractivity contribution in [3.05, 3.63) is 36.3 Å². The molecule has 3 heterocycles. The number of fused-ring (bicyclic) bond motifs is 1. The molecule has 0 bridgehead atoms. The lowest BCUT2D eigenvalue weighted by atomic mass is 10.1. The Morgan fingerprint density at radius 3 is 2.88 bits per heavy atom. The number of anilines is 1. The van der Waals surface area contributed by atoms with E-state index in [1.54, 1.807) is 12.3 Å². The van der Waals surface area contributed by atoms with Crippen molar-refractivity contribution < 1.29 is 4.39 Å². The monoisotopic (exact) mass is 356 g/mol. The molecule has 3 aromatic heterocycles. The van der Waals surface area contributed by atoms with E-state index in [-0.39, 0.29) is 5.82 Å². The summed E-state index contributed by atoms with van der Waals surface area (Å²) in [5.74, 6) is 0.676. The van der Waals surface area contributed by atoms with Crippen LogP contribution in [-0.2, 0) is 0 Å². The molecule has 0 unspecified atom stereocenters. The number of hydrogen-bond acceptors (Lipinski definition) is 5. The molecular weight excluding hydrogens is 331 g/mol. The molecule has 2 N–H and O–H groups in total. The van der Waals surface area contributed by atoms with Gasteiger partial charge in [-0.25, -0.2) is 14.4 Å². The Hall–Kier alpha value is -2.54. The molecule has 26 heavy (non-hydrogen) atoms. The van der Waals surface area contributed by atoms with Crippen LogP contribution in [-0.4, -0.2) is 46.8 Å². The molecule has 6 nitrogen and oxygen atoms in total. The molecule has 0 spiro atoms. The maximum Gasteiger partial charge on any atom is 0.181 e. The summed E-state index contributed by atoms with van der Waals surface area (Å²) in [6.45, 7) is 6.83. The van der Waals surface area contributed by atoms with Crippen molar-refractivity contribution in [1.29, 1.82) is 0 Å². The second kappa shape index (κ2) is 8.23. The summed E-state index contributed by atoms with van der Waals surface area (Å²) in [6.07, 6.45) is 2.82. The van der Waals surface area contributed by atoms with Crippen molar-refractivity contribution in [3.63, 3.8) is 0 Å². The Morgan fingerprint density at radius 2 is 2.08 bits per heavy atom. The number of aromatic nitrogens is 4. The van der Waals surface area contributed by atoms with Crippen LogP contribution >= 0.6 is 0 Å². The molecule has 0 saturated carbocycles. The van der Waals surface area contributed by atoms with Crippen molar-refractivity contribution in [1.82, 2.24) is 25.5 Å². The average molecular weight is 356 g/mol. The predicted molar refractivity (Wildman–Crippen MR) is 103 cm³/mol. The second-order valence-electron chi connectivity index (χ2n) is 6.83. The Bertz CT molecular complexity index is 860. The van der Waals surface area contributed by atoms with Gasteiger partial charge in [0, 0.05) is 31.7 Å². The van der Waals surface area contributed by atoms with Crippen molar-refractivity contribution >= 4 is 16.9 Å². The molecule has 3 rings (SSSR count). The summed E-state index contributed by atoms with van der Waals surface area (Å²) in [5.41, 5.74) is 2.02. The third kappa shape index (κ3) is 4.16. The summed E-state index contributed by atoms with van der Waals surface area (Å²) in [6, 6.07) is 6.88. The van der Waals surface area contributed by atoms with Crippen LogP contribution in [0.3, 0.4) is 0 Å². The highest BCUT2D eigenvalue weighted by Gasteiger charge is 2.14. The van der Waals surface area contributed by atoms with Gasteiger partial charge in [-0.15, -0.1) is 0 Å². The van der Waals surface area contributed by atoms with E-state index in [9.17, 15) is 4.39 Å². The van der Waals surface area contributed by atoms with Gasteiger partial charge in [0.15, 0.2) is 17.3 Å². The van der Waals surface area contributed by atoms with Gasteiger partial charge in [0.25, 0.3) is 0 Å². The number of halogens is 1. The maximum absolute atomic E-state index is 14.3. The number of pyridine rings is 2. The molecule has 0 aromatic carbocycles. The van der Waals surface area contributed by atoms with Crippen molar-refractivity contribution in [2.75, 3.05) is 31.6 Å². The normalized spacial score (nSPS) is 11.4. The molecule has 0 saturated heterocycles. The van der Waals surface area contributed by atoms with Gasteiger partial charge in [-0.1, -0.05) is 13.8 Å². The fourth-order valence-corrected chi connectivity index (χ4v) is 2.75. The molecule has 0 aliphatic carbocycles. The van der Waals surface area contributed by atoms with Crippen LogP contribution in [0.25, 0.3) is 22.4 Å². The predicted octanol–water partition coefficient (Wildman–Crippen LogP) is 3.23. The first-order chi connectivity index (χ1) is 12.6. The summed E-state index contributed by atoms with van der Waals surface area (Å²) < 4.78 is 14.3. The number of nitrogens with zero attached hydrogens (tertiary/aromatic N) is 4. The van der Waals surface area contributed by atoms with Crippen LogP contribution in [0, 0.1) is 11.7 Å². The minimum atomic E-state index is -0.333.